The van der Waals surface area contributed by atoms with Crippen molar-refractivity contribution < 1.29 is 14.7 Å². The van der Waals surface area contributed by atoms with Gasteiger partial charge in [0.25, 0.3) is 0 Å². The van der Waals surface area contributed by atoms with Crippen molar-refractivity contribution >= 4 is 27.9 Å². The third kappa shape index (κ3) is 4.20. The first-order valence-corrected chi connectivity index (χ1v) is 7.77. The fourth-order valence-corrected chi connectivity index (χ4v) is 2.88. The van der Waals surface area contributed by atoms with Crippen molar-refractivity contribution in [1.82, 2.24) is 10.2 Å². The lowest BCUT2D eigenvalue weighted by Gasteiger charge is -2.30. The molecule has 21 heavy (non-hydrogen) atoms. The first-order chi connectivity index (χ1) is 9.97. The summed E-state index contributed by atoms with van der Waals surface area (Å²) in [6, 6.07) is 5.74. The Kier molecular flexibility index (Phi) is 5.22. The van der Waals surface area contributed by atoms with Crippen LogP contribution >= 0.6 is 15.9 Å². The first kappa shape index (κ1) is 15.8. The zero-order valence-corrected chi connectivity index (χ0v) is 13.5. The van der Waals surface area contributed by atoms with Crippen molar-refractivity contribution in [2.75, 3.05) is 13.1 Å². The van der Waals surface area contributed by atoms with E-state index in [-0.39, 0.29) is 6.03 Å². The van der Waals surface area contributed by atoms with Crippen LogP contribution in [0.3, 0.4) is 0 Å². The zero-order valence-electron chi connectivity index (χ0n) is 11.9. The van der Waals surface area contributed by atoms with Gasteiger partial charge in [0.15, 0.2) is 0 Å². The minimum atomic E-state index is -0.824. The van der Waals surface area contributed by atoms with Gasteiger partial charge < -0.3 is 15.3 Å². The number of piperidine rings is 1. The third-order valence-corrected chi connectivity index (χ3v) is 4.29. The Hall–Kier alpha value is -1.56. The molecule has 0 saturated carbocycles. The summed E-state index contributed by atoms with van der Waals surface area (Å²) in [6.07, 6.45) is 1.38. The second kappa shape index (κ2) is 6.93. The largest absolute Gasteiger partial charge is 0.481 e. The number of amides is 2. The smallest absolute Gasteiger partial charge is 0.317 e. The fourth-order valence-electron chi connectivity index (χ4n) is 2.48. The molecule has 0 aliphatic carbocycles. The number of urea groups is 1. The van der Waals surface area contributed by atoms with Gasteiger partial charge in [-0.05, 0) is 43.0 Å². The number of carboxylic acid groups (broad SMARTS) is 1. The normalized spacial score (nSPS) is 18.4. The maximum absolute atomic E-state index is 12.1. The lowest BCUT2D eigenvalue weighted by atomic mass is 9.99. The van der Waals surface area contributed by atoms with E-state index < -0.39 is 11.9 Å². The van der Waals surface area contributed by atoms with Gasteiger partial charge in [0.1, 0.15) is 0 Å². The maximum Gasteiger partial charge on any atom is 0.317 e. The number of halogens is 1. The van der Waals surface area contributed by atoms with Gasteiger partial charge in [-0.1, -0.05) is 22.0 Å². The molecule has 114 valence electrons. The first-order valence-electron chi connectivity index (χ1n) is 6.98. The summed E-state index contributed by atoms with van der Waals surface area (Å²) >= 11 is 3.42. The summed E-state index contributed by atoms with van der Waals surface area (Å²) in [6.45, 7) is 3.35. The van der Waals surface area contributed by atoms with Gasteiger partial charge in [0, 0.05) is 24.1 Å². The van der Waals surface area contributed by atoms with E-state index in [2.05, 4.69) is 21.2 Å². The van der Waals surface area contributed by atoms with E-state index >= 15 is 0 Å². The Morgan fingerprint density at radius 3 is 2.95 bits per heavy atom. The Labute approximate surface area is 132 Å². The number of nitrogens with zero attached hydrogens (tertiary/aromatic N) is 1. The number of likely N-dealkylation sites (tertiary alicyclic amines) is 1. The highest BCUT2D eigenvalue weighted by Crippen LogP contribution is 2.18. The van der Waals surface area contributed by atoms with Gasteiger partial charge in [0.2, 0.25) is 0 Å². The summed E-state index contributed by atoms with van der Waals surface area (Å²) in [5.41, 5.74) is 2.16. The molecule has 2 N–H and O–H groups in total. The quantitative estimate of drug-likeness (QED) is 0.876. The van der Waals surface area contributed by atoms with Crippen LogP contribution in [0.25, 0.3) is 0 Å². The molecule has 1 atom stereocenters. The Morgan fingerprint density at radius 1 is 1.48 bits per heavy atom. The minimum absolute atomic E-state index is 0.194. The predicted molar refractivity (Wildman–Crippen MR) is 83.0 cm³/mol. The molecule has 2 amide bonds. The average Bonchev–Trinajstić information content (AvgIpc) is 2.48. The maximum atomic E-state index is 12.1. The molecular formula is C15H19BrN2O3. The van der Waals surface area contributed by atoms with Gasteiger partial charge >= 0.3 is 12.0 Å². The Morgan fingerprint density at radius 2 is 2.24 bits per heavy atom. The van der Waals surface area contributed by atoms with E-state index in [1.807, 2.05) is 25.1 Å². The molecule has 1 unspecified atom stereocenters. The van der Waals surface area contributed by atoms with Gasteiger partial charge in [-0.25, -0.2) is 4.79 Å². The molecule has 1 aromatic carbocycles. The number of hydrogen-bond acceptors (Lipinski definition) is 2. The highest BCUT2D eigenvalue weighted by Gasteiger charge is 2.27. The van der Waals surface area contributed by atoms with E-state index in [0.717, 1.165) is 22.0 Å². The molecule has 0 bridgehead atoms. The van der Waals surface area contributed by atoms with Crippen molar-refractivity contribution in [3.8, 4) is 0 Å². The number of aliphatic carboxylic acids is 1. The molecule has 2 rings (SSSR count). The number of carboxylic acids is 1. The molecule has 0 aromatic heterocycles. The summed E-state index contributed by atoms with van der Waals surface area (Å²) in [4.78, 5) is 24.8. The van der Waals surface area contributed by atoms with E-state index in [4.69, 9.17) is 5.11 Å². The van der Waals surface area contributed by atoms with Crippen LogP contribution in [0, 0.1) is 12.8 Å². The van der Waals surface area contributed by atoms with Crippen LogP contribution in [0.15, 0.2) is 22.7 Å². The van der Waals surface area contributed by atoms with Crippen LogP contribution in [0.2, 0.25) is 0 Å². The van der Waals surface area contributed by atoms with Crippen LogP contribution in [-0.4, -0.2) is 35.1 Å². The topological polar surface area (TPSA) is 69.6 Å². The van der Waals surface area contributed by atoms with Crippen molar-refractivity contribution in [2.45, 2.75) is 26.3 Å². The van der Waals surface area contributed by atoms with E-state index in [0.29, 0.717) is 26.1 Å². The fraction of sp³-hybridized carbons (Fsp3) is 0.467. The number of carbonyl (C=O) groups excluding carboxylic acids is 1. The Balaban J connectivity index is 1.92. The summed E-state index contributed by atoms with van der Waals surface area (Å²) < 4.78 is 0.973. The van der Waals surface area contributed by atoms with Crippen LogP contribution in [0.4, 0.5) is 4.79 Å². The standard InChI is InChI=1S/C15H19BrN2O3/c1-10-4-5-13(16)7-12(10)8-17-15(21)18-6-2-3-11(9-18)14(19)20/h4-5,7,11H,2-3,6,8-9H2,1H3,(H,17,21)(H,19,20). The number of nitrogens with one attached hydrogen (secondary N) is 1. The van der Waals surface area contributed by atoms with Crippen molar-refractivity contribution in [2.24, 2.45) is 5.92 Å². The SMILES string of the molecule is Cc1ccc(Br)cc1CNC(=O)N1CCCC(C(=O)O)C1. The number of rotatable bonds is 3. The molecule has 0 radical (unpaired) electrons. The Bertz CT molecular complexity index is 548. The third-order valence-electron chi connectivity index (χ3n) is 3.80. The second-order valence-corrected chi connectivity index (χ2v) is 6.27. The monoisotopic (exact) mass is 354 g/mol. The van der Waals surface area contributed by atoms with Crippen LogP contribution in [0.1, 0.15) is 24.0 Å². The molecule has 6 heteroatoms. The lowest BCUT2D eigenvalue weighted by Crippen LogP contribution is -2.46. The molecule has 1 aliphatic rings. The van der Waals surface area contributed by atoms with Crippen molar-refractivity contribution in [1.29, 1.82) is 0 Å². The predicted octanol–water partition coefficient (Wildman–Crippen LogP) is 2.76. The second-order valence-electron chi connectivity index (χ2n) is 5.35. The number of carbonyl (C=O) groups is 2. The highest BCUT2D eigenvalue weighted by atomic mass is 79.9. The lowest BCUT2D eigenvalue weighted by molar-refractivity contribution is -0.143. The molecule has 5 nitrogen and oxygen atoms in total. The van der Waals surface area contributed by atoms with Gasteiger partial charge in [-0.2, -0.15) is 0 Å². The van der Waals surface area contributed by atoms with E-state index in [9.17, 15) is 9.59 Å². The number of aryl methyl sites for hydroxylation is 1. The van der Waals surface area contributed by atoms with E-state index in [1.54, 1.807) is 4.90 Å². The molecule has 0 spiro atoms. The van der Waals surface area contributed by atoms with Crippen LogP contribution in [-0.2, 0) is 11.3 Å². The van der Waals surface area contributed by atoms with Crippen molar-refractivity contribution in [3.63, 3.8) is 0 Å². The molecule has 1 aliphatic heterocycles. The van der Waals surface area contributed by atoms with Crippen LogP contribution < -0.4 is 5.32 Å². The summed E-state index contributed by atoms with van der Waals surface area (Å²) in [5, 5.41) is 11.9. The molecule has 1 saturated heterocycles. The van der Waals surface area contributed by atoms with Gasteiger partial charge in [-0.15, -0.1) is 0 Å². The molecule has 1 fully saturated rings. The minimum Gasteiger partial charge on any atom is -0.481 e. The molecular weight excluding hydrogens is 336 g/mol. The zero-order chi connectivity index (χ0) is 15.4. The molecule has 1 heterocycles. The van der Waals surface area contributed by atoms with Gasteiger partial charge in [-0.3, -0.25) is 4.79 Å². The summed E-state index contributed by atoms with van der Waals surface area (Å²) in [5.74, 6) is -1.27. The average molecular weight is 355 g/mol. The van der Waals surface area contributed by atoms with Gasteiger partial charge in [0.05, 0.1) is 5.92 Å². The van der Waals surface area contributed by atoms with Crippen molar-refractivity contribution in [3.05, 3.63) is 33.8 Å². The number of hydrogen-bond donors (Lipinski definition) is 2. The molecule has 1 aromatic rings. The van der Waals surface area contributed by atoms with E-state index in [1.165, 1.54) is 0 Å². The van der Waals surface area contributed by atoms with Crippen LogP contribution in [0.5, 0.6) is 0 Å². The number of benzene rings is 1. The highest BCUT2D eigenvalue weighted by molar-refractivity contribution is 9.10. The summed E-state index contributed by atoms with van der Waals surface area (Å²) in [7, 11) is 0.